The number of rotatable bonds is 2. The number of aliphatic hydroxyl groups excluding tert-OH is 1. The number of hydrogen-bond acceptors (Lipinski definition) is 4. The van der Waals surface area contributed by atoms with Crippen LogP contribution in [0.5, 0.6) is 5.75 Å². The highest BCUT2D eigenvalue weighted by molar-refractivity contribution is 5.39. The zero-order chi connectivity index (χ0) is 15.0. The minimum atomic E-state index is -0.433. The molecule has 1 aliphatic heterocycles. The highest BCUT2D eigenvalue weighted by atomic mass is 16.5. The molecular weight excluding hydrogens is 266 g/mol. The first-order valence-electron chi connectivity index (χ1n) is 7.72. The molecule has 0 amide bonds. The van der Waals surface area contributed by atoms with E-state index in [1.807, 2.05) is 12.1 Å². The second-order valence-corrected chi connectivity index (χ2v) is 6.67. The quantitative estimate of drug-likeness (QED) is 0.906. The maximum Gasteiger partial charge on any atom is 0.119 e. The van der Waals surface area contributed by atoms with Crippen molar-refractivity contribution < 1.29 is 14.6 Å². The van der Waals surface area contributed by atoms with Gasteiger partial charge in [0.25, 0.3) is 0 Å². The normalized spacial score (nSPS) is 29.0. The van der Waals surface area contributed by atoms with Crippen molar-refractivity contribution in [2.24, 2.45) is 0 Å². The Hall–Kier alpha value is -1.10. The Kier molecular flexibility index (Phi) is 3.95. The lowest BCUT2D eigenvalue weighted by molar-refractivity contribution is -0.101. The molecule has 21 heavy (non-hydrogen) atoms. The van der Waals surface area contributed by atoms with Crippen molar-refractivity contribution in [2.45, 2.75) is 44.4 Å². The molecule has 0 bridgehead atoms. The number of fused-ring (bicyclic) bond motifs is 1. The minimum absolute atomic E-state index is 0.0200. The molecule has 0 radical (unpaired) electrons. The van der Waals surface area contributed by atoms with Crippen molar-refractivity contribution in [1.82, 2.24) is 4.90 Å². The average Bonchev–Trinajstić information content (AvgIpc) is 2.47. The fraction of sp³-hybridized carbons (Fsp3) is 0.647. The van der Waals surface area contributed by atoms with Gasteiger partial charge in [0.1, 0.15) is 5.75 Å². The van der Waals surface area contributed by atoms with Crippen molar-refractivity contribution in [2.75, 3.05) is 26.9 Å². The molecule has 1 fully saturated rings. The minimum Gasteiger partial charge on any atom is -0.497 e. The Bertz CT molecular complexity index is 515. The lowest BCUT2D eigenvalue weighted by Crippen LogP contribution is -2.59. The van der Waals surface area contributed by atoms with Gasteiger partial charge < -0.3 is 14.6 Å². The summed E-state index contributed by atoms with van der Waals surface area (Å²) >= 11 is 0. The third kappa shape index (κ3) is 2.68. The molecule has 1 aromatic rings. The molecular formula is C17H25NO3. The monoisotopic (exact) mass is 291 g/mol. The number of nitrogens with zero attached hydrogens (tertiary/aromatic N) is 1. The van der Waals surface area contributed by atoms with Crippen molar-refractivity contribution >= 4 is 0 Å². The third-order valence-electron chi connectivity index (χ3n) is 4.85. The number of hydrogen-bond donors (Lipinski definition) is 1. The van der Waals surface area contributed by atoms with E-state index < -0.39 is 6.10 Å². The summed E-state index contributed by atoms with van der Waals surface area (Å²) in [6, 6.07) is 6.18. The predicted molar refractivity (Wildman–Crippen MR) is 81.7 cm³/mol. The predicted octanol–water partition coefficient (Wildman–Crippen LogP) is 2.15. The molecule has 1 aliphatic carbocycles. The summed E-state index contributed by atoms with van der Waals surface area (Å²) in [5, 5.41) is 10.8. The summed E-state index contributed by atoms with van der Waals surface area (Å²) in [4.78, 5) is 2.42. The van der Waals surface area contributed by atoms with E-state index in [2.05, 4.69) is 24.8 Å². The number of ether oxygens (including phenoxy) is 2. The van der Waals surface area contributed by atoms with Gasteiger partial charge in [-0.25, -0.2) is 0 Å². The third-order valence-corrected chi connectivity index (χ3v) is 4.85. The molecule has 0 saturated carbocycles. The van der Waals surface area contributed by atoms with Gasteiger partial charge in [0.2, 0.25) is 0 Å². The van der Waals surface area contributed by atoms with Gasteiger partial charge in [0.05, 0.1) is 26.4 Å². The van der Waals surface area contributed by atoms with Crippen molar-refractivity contribution in [3.8, 4) is 5.75 Å². The van der Waals surface area contributed by atoms with Crippen LogP contribution in [0.3, 0.4) is 0 Å². The summed E-state index contributed by atoms with van der Waals surface area (Å²) < 4.78 is 10.9. The molecule has 4 heteroatoms. The highest BCUT2D eigenvalue weighted by Gasteiger charge is 2.40. The number of aliphatic hydroxyl groups is 1. The fourth-order valence-corrected chi connectivity index (χ4v) is 3.69. The van der Waals surface area contributed by atoms with Crippen LogP contribution >= 0.6 is 0 Å². The molecule has 2 atom stereocenters. The van der Waals surface area contributed by atoms with Crippen LogP contribution in [0, 0.1) is 0 Å². The standard InChI is InChI=1S/C17H25NO3/c1-17(2)11-21-9-8-18(17)15-7-4-12-10-13(20-3)5-6-14(12)16(15)19/h5-6,10,15-16,19H,4,7-9,11H2,1-3H3. The molecule has 2 unspecified atom stereocenters. The summed E-state index contributed by atoms with van der Waals surface area (Å²) in [7, 11) is 1.68. The first-order chi connectivity index (χ1) is 10.0. The molecule has 2 aliphatic rings. The van der Waals surface area contributed by atoms with Crippen LogP contribution < -0.4 is 4.74 Å². The molecule has 0 aromatic heterocycles. The maximum atomic E-state index is 10.8. The molecule has 1 saturated heterocycles. The summed E-state index contributed by atoms with van der Waals surface area (Å²) in [6.07, 6.45) is 1.53. The second kappa shape index (κ2) is 5.59. The summed E-state index contributed by atoms with van der Waals surface area (Å²) in [5.74, 6) is 0.867. The molecule has 1 N–H and O–H groups in total. The van der Waals surface area contributed by atoms with Crippen LogP contribution in [0.25, 0.3) is 0 Å². The van der Waals surface area contributed by atoms with E-state index in [0.717, 1.165) is 43.9 Å². The molecule has 4 nitrogen and oxygen atoms in total. The van der Waals surface area contributed by atoms with Crippen LogP contribution in [-0.2, 0) is 11.2 Å². The van der Waals surface area contributed by atoms with E-state index in [4.69, 9.17) is 9.47 Å². The first kappa shape index (κ1) is 14.8. The second-order valence-electron chi connectivity index (χ2n) is 6.67. The number of benzene rings is 1. The number of methoxy groups -OCH3 is 1. The topological polar surface area (TPSA) is 41.9 Å². The van der Waals surface area contributed by atoms with Crippen molar-refractivity contribution in [1.29, 1.82) is 0 Å². The Morgan fingerprint density at radius 2 is 2.19 bits per heavy atom. The number of morpholine rings is 1. The zero-order valence-corrected chi connectivity index (χ0v) is 13.1. The summed E-state index contributed by atoms with van der Waals surface area (Å²) in [6.45, 7) is 6.76. The van der Waals surface area contributed by atoms with Gasteiger partial charge in [-0.1, -0.05) is 6.07 Å². The lowest BCUT2D eigenvalue weighted by atomic mass is 9.83. The SMILES string of the molecule is COc1ccc2c(c1)CCC(N1CCOCC1(C)C)C2O. The average molecular weight is 291 g/mol. The van der Waals surface area contributed by atoms with E-state index in [0.29, 0.717) is 0 Å². The van der Waals surface area contributed by atoms with Crippen molar-refractivity contribution in [3.05, 3.63) is 29.3 Å². The van der Waals surface area contributed by atoms with Crippen LogP contribution in [0.1, 0.15) is 37.5 Å². The maximum absolute atomic E-state index is 10.8. The van der Waals surface area contributed by atoms with Gasteiger partial charge in [-0.05, 0) is 49.9 Å². The van der Waals surface area contributed by atoms with Crippen LogP contribution in [0.15, 0.2) is 18.2 Å². The van der Waals surface area contributed by atoms with Crippen molar-refractivity contribution in [3.63, 3.8) is 0 Å². The Balaban J connectivity index is 1.86. The van der Waals surface area contributed by atoms with Gasteiger partial charge in [-0.15, -0.1) is 0 Å². The molecule has 0 spiro atoms. The van der Waals surface area contributed by atoms with E-state index in [9.17, 15) is 5.11 Å². The largest absolute Gasteiger partial charge is 0.497 e. The van der Waals surface area contributed by atoms with Gasteiger partial charge in [0, 0.05) is 18.1 Å². The fourth-order valence-electron chi connectivity index (χ4n) is 3.69. The lowest BCUT2D eigenvalue weighted by Gasteiger charge is -2.49. The van der Waals surface area contributed by atoms with Crippen LogP contribution in [0.2, 0.25) is 0 Å². The van der Waals surface area contributed by atoms with E-state index in [-0.39, 0.29) is 11.6 Å². The van der Waals surface area contributed by atoms with Gasteiger partial charge in [-0.3, -0.25) is 4.90 Å². The Labute approximate surface area is 126 Å². The Morgan fingerprint density at radius 3 is 2.90 bits per heavy atom. The molecule has 116 valence electrons. The van der Waals surface area contributed by atoms with E-state index in [1.165, 1.54) is 5.56 Å². The van der Waals surface area contributed by atoms with Gasteiger partial charge in [-0.2, -0.15) is 0 Å². The molecule has 1 aromatic carbocycles. The van der Waals surface area contributed by atoms with E-state index in [1.54, 1.807) is 7.11 Å². The van der Waals surface area contributed by atoms with E-state index >= 15 is 0 Å². The first-order valence-corrected chi connectivity index (χ1v) is 7.72. The highest BCUT2D eigenvalue weighted by Crippen LogP contribution is 2.38. The van der Waals surface area contributed by atoms with Gasteiger partial charge in [0.15, 0.2) is 0 Å². The van der Waals surface area contributed by atoms with Gasteiger partial charge >= 0.3 is 0 Å². The molecule has 3 rings (SSSR count). The number of aryl methyl sites for hydroxylation is 1. The molecule has 1 heterocycles. The zero-order valence-electron chi connectivity index (χ0n) is 13.1. The van der Waals surface area contributed by atoms with Crippen LogP contribution in [-0.4, -0.2) is 48.5 Å². The summed E-state index contributed by atoms with van der Waals surface area (Å²) in [5.41, 5.74) is 2.24. The Morgan fingerprint density at radius 1 is 1.38 bits per heavy atom. The van der Waals surface area contributed by atoms with Crippen LogP contribution in [0.4, 0.5) is 0 Å². The smallest absolute Gasteiger partial charge is 0.119 e.